The van der Waals surface area contributed by atoms with Crippen molar-refractivity contribution < 1.29 is 56.4 Å². The third kappa shape index (κ3) is 30.3. The summed E-state index contributed by atoms with van der Waals surface area (Å²) in [6.45, 7) is 2.80. The highest BCUT2D eigenvalue weighted by atomic mass is 31.2. The number of ether oxygens (including phenoxy) is 3. The molecule has 1 aliphatic rings. The summed E-state index contributed by atoms with van der Waals surface area (Å²) in [5.41, 5.74) is 9.68. The molecule has 0 saturated carbocycles. The van der Waals surface area contributed by atoms with Crippen LogP contribution in [0.15, 0.2) is 23.8 Å². The fourth-order valence-corrected chi connectivity index (χ4v) is 6.57. The van der Waals surface area contributed by atoms with Crippen molar-refractivity contribution in [2.45, 2.75) is 154 Å². The molecule has 0 aliphatic heterocycles. The molecule has 0 radical (unpaired) electrons. The summed E-state index contributed by atoms with van der Waals surface area (Å²) < 4.78 is 39.8. The Morgan fingerprint density at radius 2 is 1.27 bits per heavy atom. The van der Waals surface area contributed by atoms with Gasteiger partial charge in [-0.1, -0.05) is 116 Å². The number of rotatable bonds is 36. The van der Waals surface area contributed by atoms with E-state index in [0.29, 0.717) is 35.3 Å². The lowest BCUT2D eigenvalue weighted by atomic mass is 10.0. The number of nitrogens with zero attached hydrogens (tertiary/aromatic N) is 3. The van der Waals surface area contributed by atoms with E-state index >= 15 is 0 Å². The Bertz CT molecular complexity index is 1240. The number of quaternary nitrogens is 1. The van der Waals surface area contributed by atoms with Crippen LogP contribution < -0.4 is 0 Å². The Kier molecular flexibility index (Phi) is 29.0. The Balaban J connectivity index is 2.28. The van der Waals surface area contributed by atoms with Gasteiger partial charge in [-0.15, -0.1) is 0 Å². The summed E-state index contributed by atoms with van der Waals surface area (Å²) in [5, 5.41) is 0. The van der Waals surface area contributed by atoms with Gasteiger partial charge in [-0.2, -0.15) is 4.79 Å². The summed E-state index contributed by atoms with van der Waals surface area (Å²) >= 11 is 0. The number of carbonyl (C=O) groups is 3. The molecule has 14 heteroatoms. The first-order valence-corrected chi connectivity index (χ1v) is 22.3. The van der Waals surface area contributed by atoms with Gasteiger partial charge in [-0.25, -0.2) is 4.57 Å². The minimum Gasteiger partial charge on any atom is -0.462 e. The van der Waals surface area contributed by atoms with Crippen molar-refractivity contribution in [3.8, 4) is 0 Å². The Morgan fingerprint density at radius 1 is 0.745 bits per heavy atom. The number of carbonyl (C=O) groups excluding carboxylic acids is 3. The second kappa shape index (κ2) is 31.6. The van der Waals surface area contributed by atoms with Crippen LogP contribution in [0.1, 0.15) is 148 Å². The van der Waals surface area contributed by atoms with Crippen LogP contribution in [0, 0.1) is 0 Å². The molecule has 0 heterocycles. The number of phosphoric ester groups is 1. The highest BCUT2D eigenvalue weighted by Gasteiger charge is 2.27. The zero-order chi connectivity index (χ0) is 40.6. The van der Waals surface area contributed by atoms with Crippen LogP contribution in [0.3, 0.4) is 0 Å². The van der Waals surface area contributed by atoms with Crippen molar-refractivity contribution in [3.05, 3.63) is 29.3 Å². The molecule has 55 heavy (non-hydrogen) atoms. The van der Waals surface area contributed by atoms with Gasteiger partial charge in [0.25, 0.3) is 0 Å². The lowest BCUT2D eigenvalue weighted by Crippen LogP contribution is -2.37. The monoisotopic (exact) mass is 799 g/mol. The maximum Gasteiger partial charge on any atom is 0.472 e. The van der Waals surface area contributed by atoms with Gasteiger partial charge in [0.2, 0.25) is 0 Å². The quantitative estimate of drug-likeness (QED) is 0.0123. The third-order valence-corrected chi connectivity index (χ3v) is 10.2. The van der Waals surface area contributed by atoms with Gasteiger partial charge < -0.3 is 29.1 Å². The predicted molar refractivity (Wildman–Crippen MR) is 214 cm³/mol. The van der Waals surface area contributed by atoms with Crippen molar-refractivity contribution >= 4 is 31.3 Å². The van der Waals surface area contributed by atoms with Crippen LogP contribution in [-0.4, -0.2) is 104 Å². The maximum absolute atomic E-state index is 12.7. The average Bonchev–Trinajstić information content (AvgIpc) is 3.13. The molecule has 0 aromatic carbocycles. The summed E-state index contributed by atoms with van der Waals surface area (Å²) in [6, 6.07) is 0. The van der Waals surface area contributed by atoms with Gasteiger partial charge >= 0.3 is 25.5 Å². The van der Waals surface area contributed by atoms with Gasteiger partial charge in [0.05, 0.1) is 34.4 Å². The topological polar surface area (TPSA) is 171 Å². The molecule has 1 aliphatic carbocycles. The van der Waals surface area contributed by atoms with Crippen molar-refractivity contribution in [2.24, 2.45) is 0 Å². The number of likely N-dealkylation sites (N-methyl/N-ethyl adjacent to an activating group) is 1. The highest BCUT2D eigenvalue weighted by Crippen LogP contribution is 2.43. The molecule has 13 nitrogen and oxygen atoms in total. The fraction of sp³-hybridized carbons (Fsp3) is 0.805. The number of phosphoric acid groups is 1. The van der Waals surface area contributed by atoms with Gasteiger partial charge in [0.15, 0.2) is 11.9 Å². The molecule has 316 valence electrons. The molecule has 1 unspecified atom stereocenters. The first-order valence-electron chi connectivity index (χ1n) is 20.9. The molecule has 1 rings (SSSR count). The van der Waals surface area contributed by atoms with E-state index < -0.39 is 32.5 Å². The molecule has 0 bridgehead atoms. The van der Waals surface area contributed by atoms with E-state index in [-0.39, 0.29) is 38.4 Å². The van der Waals surface area contributed by atoms with Crippen molar-refractivity contribution in [1.82, 2.24) is 0 Å². The first-order chi connectivity index (χ1) is 26.3. The molecule has 1 N–H and O–H groups in total. The SMILES string of the molecule is CCCCCCCCCCCCCC(=O)OC[C@H](COP(=O)(O)OCC[N+](C)(C)C)OC(=O)CCCCCCCCCCCOCC1=CC(=[N+]=[N-])C=CC1=O. The molecule has 0 aromatic heterocycles. The van der Waals surface area contributed by atoms with Gasteiger partial charge in [-0.3, -0.25) is 23.4 Å². The molecular weight excluding hydrogens is 725 g/mol. The van der Waals surface area contributed by atoms with Crippen LogP contribution in [0.25, 0.3) is 5.53 Å². The van der Waals surface area contributed by atoms with E-state index in [9.17, 15) is 23.8 Å². The number of ketones is 1. The minimum absolute atomic E-state index is 0.0102. The number of hydrogen-bond acceptors (Lipinski definition) is 9. The second-order valence-electron chi connectivity index (χ2n) is 15.6. The number of esters is 2. The van der Waals surface area contributed by atoms with E-state index in [2.05, 4.69) is 11.7 Å². The lowest BCUT2D eigenvalue weighted by molar-refractivity contribution is -0.870. The molecule has 0 spiro atoms. The van der Waals surface area contributed by atoms with Crippen LogP contribution in [0.2, 0.25) is 0 Å². The van der Waals surface area contributed by atoms with E-state index in [0.717, 1.165) is 70.6 Å². The van der Waals surface area contributed by atoms with Gasteiger partial charge in [-0.05, 0) is 25.3 Å². The zero-order valence-electron chi connectivity index (χ0n) is 34.5. The van der Waals surface area contributed by atoms with Crippen molar-refractivity contribution in [3.63, 3.8) is 0 Å². The smallest absolute Gasteiger partial charge is 0.462 e. The molecule has 0 saturated heterocycles. The summed E-state index contributed by atoms with van der Waals surface area (Å²) in [5.74, 6) is -0.999. The van der Waals surface area contributed by atoms with Gasteiger partial charge in [0.1, 0.15) is 19.8 Å². The van der Waals surface area contributed by atoms with E-state index in [1.54, 1.807) is 0 Å². The summed E-state index contributed by atoms with van der Waals surface area (Å²) in [6.07, 6.45) is 25.6. The van der Waals surface area contributed by atoms with E-state index in [1.165, 1.54) is 69.6 Å². The van der Waals surface area contributed by atoms with E-state index in [4.69, 9.17) is 28.8 Å². The van der Waals surface area contributed by atoms with Crippen molar-refractivity contribution in [2.75, 3.05) is 60.7 Å². The standard InChI is InChI=1S/C41H72N3O10P/c1-5-6-7-8-9-10-11-13-16-19-22-25-40(46)51-34-38(35-53-55(48,49)52-31-29-44(2,3)4)54-41(47)26-23-20-17-14-12-15-18-21-24-30-50-33-36-32-37(43-42)27-28-39(36)45/h27-28,32,38H,5-26,29-31,33-35H2,1-4H3/p+1/t38-/m1/s1. The Morgan fingerprint density at radius 3 is 1.82 bits per heavy atom. The zero-order valence-corrected chi connectivity index (χ0v) is 35.4. The average molecular weight is 799 g/mol. The van der Waals surface area contributed by atoms with E-state index in [1.807, 2.05) is 21.1 Å². The second-order valence-corrected chi connectivity index (χ2v) is 17.0. The Hall–Kier alpha value is -2.50. The largest absolute Gasteiger partial charge is 0.472 e. The molecule has 0 fully saturated rings. The van der Waals surface area contributed by atoms with Crippen LogP contribution in [0.5, 0.6) is 0 Å². The van der Waals surface area contributed by atoms with Crippen LogP contribution in [-0.2, 0) is 42.2 Å². The first kappa shape index (κ1) is 50.5. The molecular formula is C41H73N3O10P+. The number of allylic oxidation sites excluding steroid dienone is 3. The van der Waals surface area contributed by atoms with Gasteiger partial charge in [0, 0.05) is 37.2 Å². The fourth-order valence-electron chi connectivity index (χ4n) is 5.83. The maximum atomic E-state index is 12.7. The summed E-state index contributed by atoms with van der Waals surface area (Å²) in [4.78, 5) is 50.2. The lowest BCUT2D eigenvalue weighted by Gasteiger charge is -2.24. The minimum atomic E-state index is -4.40. The summed E-state index contributed by atoms with van der Waals surface area (Å²) in [7, 11) is 1.40. The molecule has 0 aromatic rings. The number of hydrogen-bond donors (Lipinski definition) is 1. The Labute approximate surface area is 331 Å². The normalized spacial score (nSPS) is 14.7. The number of unbranched alkanes of at least 4 members (excludes halogenated alkanes) is 18. The van der Waals surface area contributed by atoms with Crippen LogP contribution in [0.4, 0.5) is 0 Å². The predicted octanol–water partition coefficient (Wildman–Crippen LogP) is 8.64. The third-order valence-electron chi connectivity index (χ3n) is 9.24. The molecule has 2 atom stereocenters. The molecule has 0 amide bonds. The van der Waals surface area contributed by atoms with Crippen molar-refractivity contribution in [1.29, 1.82) is 0 Å². The highest BCUT2D eigenvalue weighted by molar-refractivity contribution is 7.47. The van der Waals surface area contributed by atoms with Crippen LogP contribution >= 0.6 is 7.82 Å².